The van der Waals surface area contributed by atoms with Crippen LogP contribution in [0.5, 0.6) is 5.75 Å². The molecule has 1 aliphatic heterocycles. The van der Waals surface area contributed by atoms with Crippen molar-refractivity contribution in [1.29, 1.82) is 0 Å². The molecule has 1 saturated heterocycles. The van der Waals surface area contributed by atoms with Gasteiger partial charge in [-0.25, -0.2) is 0 Å². The molecule has 1 aliphatic rings. The Morgan fingerprint density at radius 1 is 1.29 bits per heavy atom. The van der Waals surface area contributed by atoms with Crippen molar-refractivity contribution in [3.63, 3.8) is 0 Å². The quantitative estimate of drug-likeness (QED) is 0.736. The van der Waals surface area contributed by atoms with Crippen molar-refractivity contribution in [3.8, 4) is 5.75 Å². The molecular weight excluding hydrogens is 310 g/mol. The van der Waals surface area contributed by atoms with Gasteiger partial charge in [0.25, 0.3) is 0 Å². The number of carboxylic acids is 1. The van der Waals surface area contributed by atoms with E-state index in [2.05, 4.69) is 0 Å². The number of nitrogens with zero attached hydrogens (tertiary/aromatic N) is 1. The van der Waals surface area contributed by atoms with Crippen molar-refractivity contribution in [3.05, 3.63) is 29.8 Å². The highest BCUT2D eigenvalue weighted by atomic mass is 16.5. The third-order valence-electron chi connectivity index (χ3n) is 4.16. The van der Waals surface area contributed by atoms with Crippen LogP contribution in [0.25, 0.3) is 0 Å². The summed E-state index contributed by atoms with van der Waals surface area (Å²) in [5.74, 6) is 0.0365. The number of unbranched alkanes of at least 4 members (excludes halogenated alkanes) is 1. The van der Waals surface area contributed by atoms with Crippen molar-refractivity contribution >= 4 is 11.9 Å². The predicted octanol–water partition coefficient (Wildman–Crippen LogP) is 2.11. The summed E-state index contributed by atoms with van der Waals surface area (Å²) in [5.41, 5.74) is 1.23. The zero-order valence-electron chi connectivity index (χ0n) is 14.1. The molecule has 0 aliphatic carbocycles. The normalized spacial score (nSPS) is 17.5. The minimum Gasteiger partial charge on any atom is -0.497 e. The molecular formula is C18H25NO5. The average molecular weight is 335 g/mol. The van der Waals surface area contributed by atoms with Crippen molar-refractivity contribution < 1.29 is 24.2 Å². The number of carbonyl (C=O) groups excluding carboxylic acids is 1. The van der Waals surface area contributed by atoms with E-state index in [4.69, 9.17) is 14.6 Å². The van der Waals surface area contributed by atoms with E-state index in [0.29, 0.717) is 26.1 Å². The van der Waals surface area contributed by atoms with Crippen molar-refractivity contribution in [2.45, 2.75) is 38.2 Å². The molecule has 0 aromatic heterocycles. The zero-order chi connectivity index (χ0) is 17.4. The summed E-state index contributed by atoms with van der Waals surface area (Å²) in [6.07, 6.45) is 2.76. The fourth-order valence-corrected chi connectivity index (χ4v) is 2.82. The van der Waals surface area contributed by atoms with Gasteiger partial charge in [-0.15, -0.1) is 0 Å². The molecule has 1 aromatic rings. The van der Waals surface area contributed by atoms with Crippen LogP contribution in [0, 0.1) is 0 Å². The van der Waals surface area contributed by atoms with Crippen molar-refractivity contribution in [2.24, 2.45) is 0 Å². The number of aryl methyl sites for hydroxylation is 1. The Morgan fingerprint density at radius 2 is 2.04 bits per heavy atom. The Balaban J connectivity index is 1.67. The number of carbonyl (C=O) groups is 2. The Morgan fingerprint density at radius 3 is 2.71 bits per heavy atom. The number of aliphatic carboxylic acids is 1. The number of ether oxygens (including phenoxy) is 2. The number of hydrogen-bond acceptors (Lipinski definition) is 4. The lowest BCUT2D eigenvalue weighted by Gasteiger charge is -2.32. The van der Waals surface area contributed by atoms with Gasteiger partial charge in [-0.05, 0) is 37.0 Å². The number of hydrogen-bond donors (Lipinski definition) is 1. The first kappa shape index (κ1) is 18.3. The summed E-state index contributed by atoms with van der Waals surface area (Å²) in [5, 5.41) is 8.81. The zero-order valence-corrected chi connectivity index (χ0v) is 14.1. The monoisotopic (exact) mass is 335 g/mol. The Bertz CT molecular complexity index is 543. The number of amides is 1. The van der Waals surface area contributed by atoms with Gasteiger partial charge in [0, 0.05) is 19.5 Å². The summed E-state index contributed by atoms with van der Waals surface area (Å²) in [6.45, 7) is 1.34. The average Bonchev–Trinajstić information content (AvgIpc) is 2.58. The van der Waals surface area contributed by atoms with Gasteiger partial charge in [0.2, 0.25) is 5.91 Å². The van der Waals surface area contributed by atoms with E-state index in [-0.39, 0.29) is 18.4 Å². The van der Waals surface area contributed by atoms with E-state index >= 15 is 0 Å². The van der Waals surface area contributed by atoms with Gasteiger partial charge in [-0.1, -0.05) is 12.1 Å². The van der Waals surface area contributed by atoms with E-state index in [1.54, 1.807) is 12.0 Å². The molecule has 0 unspecified atom stereocenters. The summed E-state index contributed by atoms with van der Waals surface area (Å²) in [7, 11) is 1.65. The van der Waals surface area contributed by atoms with E-state index in [1.807, 2.05) is 24.3 Å². The van der Waals surface area contributed by atoms with Gasteiger partial charge in [0.15, 0.2) is 0 Å². The second-order valence-corrected chi connectivity index (χ2v) is 5.99. The summed E-state index contributed by atoms with van der Waals surface area (Å²) in [6, 6.07) is 7.96. The minimum atomic E-state index is -0.895. The molecule has 0 bridgehead atoms. The number of rotatable bonds is 8. The number of benzene rings is 1. The van der Waals surface area contributed by atoms with Crippen LogP contribution in [-0.4, -0.2) is 54.8 Å². The number of carboxylic acid groups (broad SMARTS) is 1. The van der Waals surface area contributed by atoms with E-state index in [1.165, 1.54) is 5.56 Å². The van der Waals surface area contributed by atoms with E-state index in [0.717, 1.165) is 25.0 Å². The maximum absolute atomic E-state index is 12.2. The first-order valence-corrected chi connectivity index (χ1v) is 8.32. The molecule has 1 amide bonds. The van der Waals surface area contributed by atoms with Crippen LogP contribution in [0.2, 0.25) is 0 Å². The van der Waals surface area contributed by atoms with Gasteiger partial charge < -0.3 is 19.5 Å². The van der Waals surface area contributed by atoms with E-state index < -0.39 is 5.97 Å². The lowest BCUT2D eigenvalue weighted by atomic mass is 10.1. The molecule has 6 nitrogen and oxygen atoms in total. The highest BCUT2D eigenvalue weighted by Gasteiger charge is 2.25. The lowest BCUT2D eigenvalue weighted by Crippen LogP contribution is -2.46. The van der Waals surface area contributed by atoms with Crippen LogP contribution < -0.4 is 4.74 Å². The molecule has 1 aromatic carbocycles. The fraction of sp³-hybridized carbons (Fsp3) is 0.556. The molecule has 1 N–H and O–H groups in total. The van der Waals surface area contributed by atoms with Crippen molar-refractivity contribution in [2.75, 3.05) is 26.8 Å². The van der Waals surface area contributed by atoms with E-state index in [9.17, 15) is 9.59 Å². The molecule has 24 heavy (non-hydrogen) atoms. The first-order valence-electron chi connectivity index (χ1n) is 8.32. The van der Waals surface area contributed by atoms with Crippen LogP contribution in [0.1, 0.15) is 31.2 Å². The second kappa shape index (κ2) is 9.27. The molecule has 1 fully saturated rings. The van der Waals surface area contributed by atoms with Gasteiger partial charge in [0.1, 0.15) is 5.75 Å². The molecule has 0 radical (unpaired) electrons. The summed E-state index contributed by atoms with van der Waals surface area (Å²) < 4.78 is 10.5. The van der Waals surface area contributed by atoms with Crippen LogP contribution in [0.4, 0.5) is 0 Å². The van der Waals surface area contributed by atoms with Gasteiger partial charge >= 0.3 is 5.97 Å². The highest BCUT2D eigenvalue weighted by molar-refractivity contribution is 5.76. The fourth-order valence-electron chi connectivity index (χ4n) is 2.82. The lowest BCUT2D eigenvalue weighted by molar-refractivity contribution is -0.147. The van der Waals surface area contributed by atoms with Crippen LogP contribution in [0.15, 0.2) is 24.3 Å². The molecule has 2 rings (SSSR count). The van der Waals surface area contributed by atoms with Crippen molar-refractivity contribution in [1.82, 2.24) is 4.90 Å². The number of methoxy groups -OCH3 is 1. The SMILES string of the molecule is COc1ccc(CCCCC(=O)N2CCO[C@H](CC(=O)O)C2)cc1. The standard InChI is InChI=1S/C18H25NO5/c1-23-15-8-6-14(7-9-15)4-2-3-5-17(20)19-10-11-24-16(13-19)12-18(21)22/h6-9,16H,2-5,10-13H2,1H3,(H,21,22)/t16-/m1/s1. The topological polar surface area (TPSA) is 76.1 Å². The molecule has 6 heteroatoms. The minimum absolute atomic E-state index is 0.0543. The smallest absolute Gasteiger partial charge is 0.306 e. The summed E-state index contributed by atoms with van der Waals surface area (Å²) in [4.78, 5) is 24.7. The first-order chi connectivity index (χ1) is 11.6. The molecule has 0 saturated carbocycles. The van der Waals surface area contributed by atoms with Crippen LogP contribution in [0.3, 0.4) is 0 Å². The van der Waals surface area contributed by atoms with Crippen LogP contribution >= 0.6 is 0 Å². The third kappa shape index (κ3) is 5.85. The van der Waals surface area contributed by atoms with Crippen LogP contribution in [-0.2, 0) is 20.7 Å². The number of morpholine rings is 1. The molecule has 1 atom stereocenters. The largest absolute Gasteiger partial charge is 0.497 e. The Hall–Kier alpha value is -2.08. The van der Waals surface area contributed by atoms with Gasteiger partial charge in [-0.3, -0.25) is 9.59 Å². The molecule has 1 heterocycles. The predicted molar refractivity (Wildman–Crippen MR) is 89.1 cm³/mol. The van der Waals surface area contributed by atoms with Gasteiger partial charge in [0.05, 0.1) is 26.2 Å². The van der Waals surface area contributed by atoms with Gasteiger partial charge in [-0.2, -0.15) is 0 Å². The Kier molecular flexibility index (Phi) is 7.06. The molecule has 0 spiro atoms. The summed E-state index contributed by atoms with van der Waals surface area (Å²) >= 11 is 0. The maximum Gasteiger partial charge on any atom is 0.306 e. The maximum atomic E-state index is 12.2. The molecule has 132 valence electrons. The second-order valence-electron chi connectivity index (χ2n) is 5.99. The highest BCUT2D eigenvalue weighted by Crippen LogP contribution is 2.15. The third-order valence-corrected chi connectivity index (χ3v) is 4.16. The Labute approximate surface area is 142 Å².